The van der Waals surface area contributed by atoms with Crippen molar-refractivity contribution in [3.05, 3.63) is 126 Å². The van der Waals surface area contributed by atoms with Crippen molar-refractivity contribution < 1.29 is 26.3 Å². The van der Waals surface area contributed by atoms with E-state index in [0.717, 1.165) is 55.2 Å². The van der Waals surface area contributed by atoms with E-state index in [2.05, 4.69) is 0 Å². The van der Waals surface area contributed by atoms with Crippen LogP contribution in [0.2, 0.25) is 0 Å². The van der Waals surface area contributed by atoms with Crippen molar-refractivity contribution >= 4 is 21.6 Å². The van der Waals surface area contributed by atoms with Crippen LogP contribution in [-0.4, -0.2) is 4.98 Å². The first kappa shape index (κ1) is 26.8. The molecule has 204 valence electrons. The van der Waals surface area contributed by atoms with Gasteiger partial charge < -0.3 is 0 Å². The van der Waals surface area contributed by atoms with Gasteiger partial charge in [0.05, 0.1) is 21.3 Å². The molecule has 6 rings (SSSR count). The first-order valence-corrected chi connectivity index (χ1v) is 13.3. The molecule has 8 heteroatoms. The summed E-state index contributed by atoms with van der Waals surface area (Å²) in [5.74, 6) is 0. The molecule has 6 aromatic rings. The Morgan fingerprint density at radius 1 is 0.439 bits per heavy atom. The van der Waals surface area contributed by atoms with Gasteiger partial charge in [-0.05, 0) is 69.8 Å². The quantitative estimate of drug-likeness (QED) is 0.191. The summed E-state index contributed by atoms with van der Waals surface area (Å²) in [4.78, 5) is 4.71. The van der Waals surface area contributed by atoms with Crippen LogP contribution in [0.25, 0.3) is 54.2 Å². The van der Waals surface area contributed by atoms with E-state index in [1.165, 1.54) is 12.1 Å². The molecule has 0 aliphatic carbocycles. The molecular formula is C33H19F6NS. The van der Waals surface area contributed by atoms with Crippen molar-refractivity contribution in [1.29, 1.82) is 0 Å². The summed E-state index contributed by atoms with van der Waals surface area (Å²) in [6.07, 6.45) is -9.80. The Labute approximate surface area is 235 Å². The van der Waals surface area contributed by atoms with E-state index in [1.807, 2.05) is 72.8 Å². The summed E-state index contributed by atoms with van der Waals surface area (Å²) in [7, 11) is 0. The number of alkyl halides is 6. The zero-order chi connectivity index (χ0) is 28.8. The number of halogens is 6. The normalized spacial score (nSPS) is 12.1. The molecule has 0 saturated carbocycles. The lowest BCUT2D eigenvalue weighted by Gasteiger charge is -2.14. The Bertz CT molecular complexity index is 1780. The number of fused-ring (bicyclic) bond motifs is 1. The van der Waals surface area contributed by atoms with E-state index in [9.17, 15) is 26.3 Å². The second-order valence-electron chi connectivity index (χ2n) is 9.52. The van der Waals surface area contributed by atoms with Crippen LogP contribution in [0.3, 0.4) is 0 Å². The number of hydrogen-bond acceptors (Lipinski definition) is 2. The van der Waals surface area contributed by atoms with Gasteiger partial charge in [-0.1, -0.05) is 78.9 Å². The summed E-state index contributed by atoms with van der Waals surface area (Å²) in [6.45, 7) is 0. The van der Waals surface area contributed by atoms with Gasteiger partial charge in [0.2, 0.25) is 0 Å². The minimum absolute atomic E-state index is 0.134. The molecule has 0 atom stereocenters. The van der Waals surface area contributed by atoms with Gasteiger partial charge in [0.1, 0.15) is 5.01 Å². The number of aromatic nitrogens is 1. The van der Waals surface area contributed by atoms with Crippen LogP contribution in [0.15, 0.2) is 115 Å². The van der Waals surface area contributed by atoms with Crippen molar-refractivity contribution in [2.75, 3.05) is 0 Å². The van der Waals surface area contributed by atoms with Crippen molar-refractivity contribution in [1.82, 2.24) is 4.98 Å². The van der Waals surface area contributed by atoms with Crippen molar-refractivity contribution in [3.63, 3.8) is 0 Å². The van der Waals surface area contributed by atoms with Gasteiger partial charge >= 0.3 is 12.4 Å². The molecule has 0 saturated heterocycles. The van der Waals surface area contributed by atoms with E-state index in [4.69, 9.17) is 4.98 Å². The molecule has 0 unspecified atom stereocenters. The molecule has 0 aliphatic rings. The maximum atomic E-state index is 13.3. The molecule has 0 fully saturated rings. The molecule has 1 nitrogen and oxygen atoms in total. The van der Waals surface area contributed by atoms with Crippen molar-refractivity contribution in [2.24, 2.45) is 0 Å². The SMILES string of the molecule is FC(F)(F)c1cc(-c2ccc(-c3cccc(-c4ccc(-c5nc6ccccc6s5)cc4)c3)cc2)cc(C(F)(F)F)c1. The molecule has 0 N–H and O–H groups in total. The van der Waals surface area contributed by atoms with Gasteiger partial charge in [-0.2, -0.15) is 26.3 Å². The lowest BCUT2D eigenvalue weighted by Crippen LogP contribution is -2.11. The molecule has 0 bridgehead atoms. The molecule has 41 heavy (non-hydrogen) atoms. The Balaban J connectivity index is 1.27. The number of hydrogen-bond donors (Lipinski definition) is 0. The second kappa shape index (κ2) is 10.2. The van der Waals surface area contributed by atoms with Gasteiger partial charge in [-0.25, -0.2) is 4.98 Å². The van der Waals surface area contributed by atoms with Crippen LogP contribution in [0.5, 0.6) is 0 Å². The summed E-state index contributed by atoms with van der Waals surface area (Å²) in [5, 5.41) is 0.940. The minimum atomic E-state index is -4.90. The molecule has 0 spiro atoms. The highest BCUT2D eigenvalue weighted by Gasteiger charge is 2.37. The first-order valence-electron chi connectivity index (χ1n) is 12.5. The largest absolute Gasteiger partial charge is 0.416 e. The molecule has 1 aromatic heterocycles. The highest BCUT2D eigenvalue weighted by atomic mass is 32.1. The lowest BCUT2D eigenvalue weighted by atomic mass is 9.95. The minimum Gasteiger partial charge on any atom is -0.236 e. The zero-order valence-corrected chi connectivity index (χ0v) is 21.9. The van der Waals surface area contributed by atoms with E-state index in [1.54, 1.807) is 23.5 Å². The van der Waals surface area contributed by atoms with Gasteiger partial charge in [-0.3, -0.25) is 0 Å². The summed E-state index contributed by atoms with van der Waals surface area (Å²) >= 11 is 1.63. The smallest absolute Gasteiger partial charge is 0.236 e. The molecule has 1 heterocycles. The first-order chi connectivity index (χ1) is 19.5. The van der Waals surface area contributed by atoms with Crippen LogP contribution in [0.4, 0.5) is 26.3 Å². The average molecular weight is 576 g/mol. The Hall–Kier alpha value is -4.43. The van der Waals surface area contributed by atoms with E-state index < -0.39 is 23.5 Å². The van der Waals surface area contributed by atoms with Crippen LogP contribution in [-0.2, 0) is 12.4 Å². The number of rotatable bonds is 4. The second-order valence-corrected chi connectivity index (χ2v) is 10.5. The van der Waals surface area contributed by atoms with Gasteiger partial charge in [0.25, 0.3) is 0 Å². The third-order valence-corrected chi connectivity index (χ3v) is 7.85. The lowest BCUT2D eigenvalue weighted by molar-refractivity contribution is -0.143. The van der Waals surface area contributed by atoms with Crippen molar-refractivity contribution in [3.8, 4) is 44.0 Å². The molecule has 0 amide bonds. The highest BCUT2D eigenvalue weighted by Crippen LogP contribution is 2.39. The number of benzene rings is 5. The van der Waals surface area contributed by atoms with Crippen molar-refractivity contribution in [2.45, 2.75) is 12.4 Å². The summed E-state index contributed by atoms with van der Waals surface area (Å²) in [5.41, 5.74) is 3.02. The predicted molar refractivity (Wildman–Crippen MR) is 151 cm³/mol. The summed E-state index contributed by atoms with van der Waals surface area (Å²) in [6, 6.07) is 31.9. The van der Waals surface area contributed by atoms with Crippen LogP contribution < -0.4 is 0 Å². The molecule has 5 aromatic carbocycles. The van der Waals surface area contributed by atoms with E-state index in [0.29, 0.717) is 0 Å². The van der Waals surface area contributed by atoms with E-state index in [-0.39, 0.29) is 17.2 Å². The number of nitrogens with zero attached hydrogens (tertiary/aromatic N) is 1. The zero-order valence-electron chi connectivity index (χ0n) is 21.1. The molecule has 0 radical (unpaired) electrons. The third-order valence-electron chi connectivity index (χ3n) is 6.76. The fourth-order valence-corrected chi connectivity index (χ4v) is 5.63. The Kier molecular flexibility index (Phi) is 6.66. The maximum absolute atomic E-state index is 13.3. The van der Waals surface area contributed by atoms with Crippen LogP contribution in [0.1, 0.15) is 11.1 Å². The van der Waals surface area contributed by atoms with Gasteiger partial charge in [-0.15, -0.1) is 11.3 Å². The average Bonchev–Trinajstić information content (AvgIpc) is 3.41. The van der Waals surface area contributed by atoms with Gasteiger partial charge in [0.15, 0.2) is 0 Å². The van der Waals surface area contributed by atoms with E-state index >= 15 is 0 Å². The molecular weight excluding hydrogens is 556 g/mol. The highest BCUT2D eigenvalue weighted by molar-refractivity contribution is 7.21. The predicted octanol–water partition coefficient (Wildman–Crippen LogP) is 11.0. The fourth-order valence-electron chi connectivity index (χ4n) is 4.66. The standard InChI is InChI=1S/C33H19F6NS/c34-32(35,36)27-17-26(18-28(19-27)33(37,38)39)22-10-8-20(9-11-22)24-4-3-5-25(16-24)21-12-14-23(15-13-21)31-40-29-6-1-2-7-30(29)41-31/h1-19H. The number of thiazole rings is 1. The maximum Gasteiger partial charge on any atom is 0.416 e. The molecule has 0 aliphatic heterocycles. The van der Waals surface area contributed by atoms with Gasteiger partial charge in [0, 0.05) is 5.56 Å². The number of para-hydroxylation sites is 1. The topological polar surface area (TPSA) is 12.9 Å². The summed E-state index contributed by atoms with van der Waals surface area (Å²) < 4.78 is 80.9. The Morgan fingerprint density at radius 2 is 0.927 bits per heavy atom. The van der Waals surface area contributed by atoms with Crippen LogP contribution >= 0.6 is 11.3 Å². The van der Waals surface area contributed by atoms with Crippen LogP contribution in [0, 0.1) is 0 Å². The Morgan fingerprint density at radius 3 is 1.44 bits per heavy atom. The third kappa shape index (κ3) is 5.60. The monoisotopic (exact) mass is 575 g/mol. The fraction of sp³-hybridized carbons (Fsp3) is 0.0606.